The highest BCUT2D eigenvalue weighted by molar-refractivity contribution is 7.89. The molecule has 3 aromatic rings. The van der Waals surface area contributed by atoms with Crippen molar-refractivity contribution >= 4 is 21.5 Å². The van der Waals surface area contributed by atoms with Crippen LogP contribution in [0, 0.1) is 0 Å². The van der Waals surface area contributed by atoms with Gasteiger partial charge in [-0.3, -0.25) is 0 Å². The Morgan fingerprint density at radius 2 is 1.71 bits per heavy atom. The van der Waals surface area contributed by atoms with Gasteiger partial charge in [0, 0.05) is 17.3 Å². The van der Waals surface area contributed by atoms with Crippen molar-refractivity contribution in [3.63, 3.8) is 0 Å². The van der Waals surface area contributed by atoms with Crippen LogP contribution in [0.4, 0.5) is 11.5 Å². The van der Waals surface area contributed by atoms with E-state index in [1.54, 1.807) is 42.5 Å². The van der Waals surface area contributed by atoms with Gasteiger partial charge in [0.15, 0.2) is 0 Å². The zero-order chi connectivity index (χ0) is 17.2. The first-order valence-electron chi connectivity index (χ1n) is 6.94. The third-order valence-corrected chi connectivity index (χ3v) is 4.23. The van der Waals surface area contributed by atoms with Gasteiger partial charge < -0.3 is 10.4 Å². The number of hydrogen-bond donors (Lipinski definition) is 3. The number of benzene rings is 2. The minimum atomic E-state index is -3.72. The lowest BCUT2D eigenvalue weighted by Gasteiger charge is -2.08. The number of nitrogens with zero attached hydrogens (tertiary/aromatic N) is 2. The SMILES string of the molecule is NS(=O)(=O)c1ccc(Nc2cc(-c3ccccc3O)ncn2)cc1. The summed E-state index contributed by atoms with van der Waals surface area (Å²) in [4.78, 5) is 8.30. The summed E-state index contributed by atoms with van der Waals surface area (Å²) in [5, 5.41) is 18.0. The Kier molecular flexibility index (Phi) is 4.15. The summed E-state index contributed by atoms with van der Waals surface area (Å²) in [7, 11) is -3.72. The molecule has 1 heterocycles. The summed E-state index contributed by atoms with van der Waals surface area (Å²) in [6, 6.07) is 14.5. The van der Waals surface area contributed by atoms with Gasteiger partial charge in [-0.1, -0.05) is 12.1 Å². The Morgan fingerprint density at radius 1 is 1.00 bits per heavy atom. The van der Waals surface area contributed by atoms with Gasteiger partial charge >= 0.3 is 0 Å². The van der Waals surface area contributed by atoms with Crippen LogP contribution in [-0.4, -0.2) is 23.5 Å². The molecule has 7 nitrogen and oxygen atoms in total. The monoisotopic (exact) mass is 342 g/mol. The normalized spacial score (nSPS) is 11.2. The van der Waals surface area contributed by atoms with Crippen LogP contribution in [0.5, 0.6) is 5.75 Å². The number of phenols is 1. The van der Waals surface area contributed by atoms with Crippen molar-refractivity contribution in [1.29, 1.82) is 0 Å². The number of anilines is 2. The molecular formula is C16H14N4O3S. The number of sulfonamides is 1. The Morgan fingerprint density at radius 3 is 2.38 bits per heavy atom. The molecule has 0 spiro atoms. The van der Waals surface area contributed by atoms with E-state index in [1.807, 2.05) is 0 Å². The Labute approximate surface area is 138 Å². The number of phenolic OH excluding ortho intramolecular Hbond substituents is 1. The van der Waals surface area contributed by atoms with Crippen LogP contribution in [0.3, 0.4) is 0 Å². The topological polar surface area (TPSA) is 118 Å². The summed E-state index contributed by atoms with van der Waals surface area (Å²) >= 11 is 0. The quantitative estimate of drug-likeness (QED) is 0.669. The maximum absolute atomic E-state index is 11.2. The first-order valence-corrected chi connectivity index (χ1v) is 8.48. The van der Waals surface area contributed by atoms with Crippen molar-refractivity contribution in [3.05, 3.63) is 60.9 Å². The zero-order valence-electron chi connectivity index (χ0n) is 12.4. The van der Waals surface area contributed by atoms with E-state index < -0.39 is 10.0 Å². The minimum Gasteiger partial charge on any atom is -0.507 e. The molecular weight excluding hydrogens is 328 g/mol. The molecule has 0 saturated heterocycles. The van der Waals surface area contributed by atoms with Crippen molar-refractivity contribution in [2.45, 2.75) is 4.90 Å². The van der Waals surface area contributed by atoms with E-state index in [0.717, 1.165) is 0 Å². The number of primary sulfonamides is 1. The number of nitrogens with one attached hydrogen (secondary N) is 1. The summed E-state index contributed by atoms with van der Waals surface area (Å²) in [5.74, 6) is 0.631. The number of aromatic nitrogens is 2. The number of hydrogen-bond acceptors (Lipinski definition) is 6. The van der Waals surface area contributed by atoms with Crippen LogP contribution in [0.25, 0.3) is 11.3 Å². The molecule has 0 unspecified atom stereocenters. The smallest absolute Gasteiger partial charge is 0.238 e. The van der Waals surface area contributed by atoms with Gasteiger partial charge in [0.2, 0.25) is 10.0 Å². The fraction of sp³-hybridized carbons (Fsp3) is 0. The molecule has 0 saturated carbocycles. The van der Waals surface area contributed by atoms with E-state index in [2.05, 4.69) is 15.3 Å². The van der Waals surface area contributed by atoms with E-state index >= 15 is 0 Å². The molecule has 0 fully saturated rings. The molecule has 0 atom stereocenters. The summed E-state index contributed by atoms with van der Waals surface area (Å²) in [6.07, 6.45) is 1.38. The molecule has 0 amide bonds. The zero-order valence-corrected chi connectivity index (χ0v) is 13.2. The lowest BCUT2D eigenvalue weighted by molar-refractivity contribution is 0.477. The highest BCUT2D eigenvalue weighted by Gasteiger charge is 2.08. The lowest BCUT2D eigenvalue weighted by atomic mass is 10.1. The molecule has 3 rings (SSSR count). The first-order chi connectivity index (χ1) is 11.4. The third-order valence-electron chi connectivity index (χ3n) is 3.30. The number of rotatable bonds is 4. The van der Waals surface area contributed by atoms with Gasteiger partial charge in [-0.15, -0.1) is 0 Å². The van der Waals surface area contributed by atoms with Gasteiger partial charge in [-0.05, 0) is 36.4 Å². The number of aromatic hydroxyl groups is 1. The predicted molar refractivity (Wildman–Crippen MR) is 90.2 cm³/mol. The fourth-order valence-corrected chi connectivity index (χ4v) is 2.65. The van der Waals surface area contributed by atoms with E-state index in [1.165, 1.54) is 18.5 Å². The third kappa shape index (κ3) is 3.50. The maximum atomic E-state index is 11.2. The van der Waals surface area contributed by atoms with Crippen molar-refractivity contribution in [2.75, 3.05) is 5.32 Å². The molecule has 2 aromatic carbocycles. The molecule has 0 aliphatic carbocycles. The molecule has 0 bridgehead atoms. The molecule has 122 valence electrons. The van der Waals surface area contributed by atoms with Crippen molar-refractivity contribution in [3.8, 4) is 17.0 Å². The largest absolute Gasteiger partial charge is 0.507 e. The lowest BCUT2D eigenvalue weighted by Crippen LogP contribution is -2.11. The van der Waals surface area contributed by atoms with E-state index in [9.17, 15) is 13.5 Å². The van der Waals surface area contributed by atoms with Gasteiger partial charge in [0.05, 0.1) is 10.6 Å². The van der Waals surface area contributed by atoms with Crippen LogP contribution in [0.1, 0.15) is 0 Å². The second-order valence-corrected chi connectivity index (χ2v) is 6.56. The molecule has 4 N–H and O–H groups in total. The first kappa shape index (κ1) is 15.9. The minimum absolute atomic E-state index is 0.0330. The van der Waals surface area contributed by atoms with Gasteiger partial charge in [-0.2, -0.15) is 0 Å². The van der Waals surface area contributed by atoms with Crippen molar-refractivity contribution < 1.29 is 13.5 Å². The molecule has 24 heavy (non-hydrogen) atoms. The summed E-state index contributed by atoms with van der Waals surface area (Å²) < 4.78 is 22.5. The summed E-state index contributed by atoms with van der Waals surface area (Å²) in [5.41, 5.74) is 1.80. The highest BCUT2D eigenvalue weighted by atomic mass is 32.2. The van der Waals surface area contributed by atoms with E-state index in [4.69, 9.17) is 5.14 Å². The second-order valence-electron chi connectivity index (χ2n) is 5.00. The van der Waals surface area contributed by atoms with Crippen LogP contribution in [0.2, 0.25) is 0 Å². The van der Waals surface area contributed by atoms with Gasteiger partial charge in [-0.25, -0.2) is 23.5 Å². The van der Waals surface area contributed by atoms with Crippen LogP contribution >= 0.6 is 0 Å². The van der Waals surface area contributed by atoms with Gasteiger partial charge in [0.25, 0.3) is 0 Å². The Bertz CT molecular complexity index is 973. The number of nitrogens with two attached hydrogens (primary N) is 1. The maximum Gasteiger partial charge on any atom is 0.238 e. The number of para-hydroxylation sites is 1. The molecule has 0 aliphatic heterocycles. The molecule has 8 heteroatoms. The standard InChI is InChI=1S/C16H14N4O3S/c17-24(22,23)12-7-5-11(6-8-12)20-16-9-14(18-10-19-16)13-3-1-2-4-15(13)21/h1-10,21H,(H2,17,22,23)(H,18,19,20). The van der Waals surface area contributed by atoms with Crippen LogP contribution in [0.15, 0.2) is 65.8 Å². The Balaban J connectivity index is 1.86. The summed E-state index contributed by atoms with van der Waals surface area (Å²) in [6.45, 7) is 0. The van der Waals surface area contributed by atoms with E-state index in [-0.39, 0.29) is 10.6 Å². The molecule has 1 aromatic heterocycles. The highest BCUT2D eigenvalue weighted by Crippen LogP contribution is 2.28. The average Bonchev–Trinajstić information content (AvgIpc) is 2.55. The van der Waals surface area contributed by atoms with Crippen LogP contribution in [-0.2, 0) is 10.0 Å². The van der Waals surface area contributed by atoms with Crippen molar-refractivity contribution in [2.24, 2.45) is 5.14 Å². The molecule has 0 radical (unpaired) electrons. The van der Waals surface area contributed by atoms with Crippen molar-refractivity contribution in [1.82, 2.24) is 9.97 Å². The average molecular weight is 342 g/mol. The molecule has 0 aliphatic rings. The van der Waals surface area contributed by atoms with Gasteiger partial charge in [0.1, 0.15) is 17.9 Å². The van der Waals surface area contributed by atoms with E-state index in [0.29, 0.717) is 22.8 Å². The predicted octanol–water partition coefficient (Wildman–Crippen LogP) is 2.24. The Hall–Kier alpha value is -2.97. The second kappa shape index (κ2) is 6.26. The fourth-order valence-electron chi connectivity index (χ4n) is 2.14. The van der Waals surface area contributed by atoms with Crippen LogP contribution < -0.4 is 10.5 Å².